The van der Waals surface area contributed by atoms with E-state index < -0.39 is 5.97 Å². The number of hydrogen-bond donors (Lipinski definition) is 2. The highest BCUT2D eigenvalue weighted by atomic mass is 32.2. The number of urea groups is 1. The van der Waals surface area contributed by atoms with Gasteiger partial charge in [-0.2, -0.15) is 11.8 Å². The number of likely N-dealkylation sites (tertiary alicyclic amines) is 1. The van der Waals surface area contributed by atoms with E-state index in [0.29, 0.717) is 25.9 Å². The van der Waals surface area contributed by atoms with E-state index in [1.54, 1.807) is 16.7 Å². The number of thioether (sulfide) groups is 1. The summed E-state index contributed by atoms with van der Waals surface area (Å²) in [6, 6.07) is -0.105. The molecule has 1 aliphatic rings. The minimum atomic E-state index is -0.757. The van der Waals surface area contributed by atoms with Crippen molar-refractivity contribution in [2.24, 2.45) is 5.92 Å². The molecule has 19 heavy (non-hydrogen) atoms. The lowest BCUT2D eigenvalue weighted by atomic mass is 9.92. The van der Waals surface area contributed by atoms with Gasteiger partial charge in [0.05, 0.1) is 5.92 Å². The molecule has 5 nitrogen and oxygen atoms in total. The summed E-state index contributed by atoms with van der Waals surface area (Å²) in [6.07, 6.45) is 2.91. The summed E-state index contributed by atoms with van der Waals surface area (Å²) in [6.45, 7) is 6.68. The molecule has 0 aromatic rings. The molecule has 1 saturated heterocycles. The van der Waals surface area contributed by atoms with Crippen molar-refractivity contribution in [1.82, 2.24) is 10.2 Å². The number of nitrogens with zero attached hydrogens (tertiary/aromatic N) is 1. The van der Waals surface area contributed by atoms with Crippen LogP contribution in [0.4, 0.5) is 4.79 Å². The number of amides is 2. The van der Waals surface area contributed by atoms with Crippen LogP contribution >= 0.6 is 11.8 Å². The van der Waals surface area contributed by atoms with Crippen molar-refractivity contribution in [2.75, 3.05) is 24.6 Å². The third-order valence-corrected chi connectivity index (χ3v) is 4.21. The van der Waals surface area contributed by atoms with Crippen LogP contribution < -0.4 is 5.32 Å². The zero-order chi connectivity index (χ0) is 14.3. The minimum Gasteiger partial charge on any atom is -0.481 e. The Bertz CT molecular complexity index is 336. The van der Waals surface area contributed by atoms with Gasteiger partial charge < -0.3 is 15.3 Å². The fraction of sp³-hybridized carbons (Fsp3) is 0.692. The van der Waals surface area contributed by atoms with Crippen LogP contribution in [-0.2, 0) is 4.79 Å². The summed E-state index contributed by atoms with van der Waals surface area (Å²) >= 11 is 1.72. The number of carbonyl (C=O) groups is 2. The van der Waals surface area contributed by atoms with Crippen LogP contribution in [0.2, 0.25) is 0 Å². The summed E-state index contributed by atoms with van der Waals surface area (Å²) < 4.78 is 0. The van der Waals surface area contributed by atoms with Crippen LogP contribution in [0.3, 0.4) is 0 Å². The number of carbonyl (C=O) groups excluding carboxylic acids is 1. The Labute approximate surface area is 118 Å². The van der Waals surface area contributed by atoms with Gasteiger partial charge in [0.25, 0.3) is 0 Å². The number of hydrogen-bond acceptors (Lipinski definition) is 3. The van der Waals surface area contributed by atoms with Crippen molar-refractivity contribution in [3.63, 3.8) is 0 Å². The Morgan fingerprint density at radius 2 is 2.32 bits per heavy atom. The maximum absolute atomic E-state index is 12.0. The highest BCUT2D eigenvalue weighted by molar-refractivity contribution is 7.99. The van der Waals surface area contributed by atoms with Crippen molar-refractivity contribution in [2.45, 2.75) is 25.8 Å². The van der Waals surface area contributed by atoms with Gasteiger partial charge >= 0.3 is 12.0 Å². The van der Waals surface area contributed by atoms with Crippen LogP contribution in [0.5, 0.6) is 0 Å². The molecule has 0 spiro atoms. The Morgan fingerprint density at radius 3 is 2.89 bits per heavy atom. The fourth-order valence-electron chi connectivity index (χ4n) is 2.20. The highest BCUT2D eigenvalue weighted by Gasteiger charge is 2.31. The molecule has 0 radical (unpaired) electrons. The van der Waals surface area contributed by atoms with E-state index >= 15 is 0 Å². The lowest BCUT2D eigenvalue weighted by Crippen LogP contribution is -2.50. The molecule has 0 aromatic carbocycles. The molecule has 0 aliphatic carbocycles. The molecule has 0 aromatic heterocycles. The molecular formula is C13H22N2O3S. The van der Waals surface area contributed by atoms with Crippen molar-refractivity contribution in [3.05, 3.63) is 12.7 Å². The zero-order valence-corrected chi connectivity index (χ0v) is 12.1. The van der Waals surface area contributed by atoms with E-state index in [9.17, 15) is 9.59 Å². The Hall–Kier alpha value is -1.17. The lowest BCUT2D eigenvalue weighted by molar-refractivity contribution is -0.143. The molecule has 0 bridgehead atoms. The monoisotopic (exact) mass is 286 g/mol. The first-order valence-corrected chi connectivity index (χ1v) is 7.67. The van der Waals surface area contributed by atoms with E-state index in [-0.39, 0.29) is 18.0 Å². The molecule has 108 valence electrons. The minimum absolute atomic E-state index is 0.0179. The van der Waals surface area contributed by atoms with E-state index in [1.165, 1.54) is 0 Å². The van der Waals surface area contributed by atoms with Crippen LogP contribution in [0.1, 0.15) is 19.8 Å². The van der Waals surface area contributed by atoms with Crippen molar-refractivity contribution >= 4 is 23.8 Å². The summed E-state index contributed by atoms with van der Waals surface area (Å²) in [4.78, 5) is 24.6. The summed E-state index contributed by atoms with van der Waals surface area (Å²) in [7, 11) is 0. The number of aliphatic carboxylic acids is 1. The van der Waals surface area contributed by atoms with Gasteiger partial charge in [0.2, 0.25) is 0 Å². The number of carboxylic acids is 1. The smallest absolute Gasteiger partial charge is 0.317 e. The van der Waals surface area contributed by atoms with Gasteiger partial charge in [-0.15, -0.1) is 6.58 Å². The molecule has 2 amide bonds. The standard InChI is InChI=1S/C13H22N2O3S/c1-3-7-19-8-5-14-13(18)15-6-4-11(12(16)17)9-10(15)2/h3,10-11H,1,4-9H2,2H3,(H,14,18)(H,16,17). The molecular weight excluding hydrogens is 264 g/mol. The first-order valence-electron chi connectivity index (χ1n) is 6.52. The third-order valence-electron chi connectivity index (χ3n) is 3.24. The zero-order valence-electron chi connectivity index (χ0n) is 11.3. The Morgan fingerprint density at radius 1 is 1.58 bits per heavy atom. The quantitative estimate of drug-likeness (QED) is 0.577. The summed E-state index contributed by atoms with van der Waals surface area (Å²) in [5.41, 5.74) is 0. The Balaban J connectivity index is 2.29. The second kappa shape index (κ2) is 8.09. The van der Waals surface area contributed by atoms with Gasteiger partial charge in [-0.1, -0.05) is 6.08 Å². The van der Waals surface area contributed by atoms with Crippen molar-refractivity contribution in [1.29, 1.82) is 0 Å². The van der Waals surface area contributed by atoms with Crippen molar-refractivity contribution in [3.8, 4) is 0 Å². The first kappa shape index (κ1) is 15.9. The SMILES string of the molecule is C=CCSCCNC(=O)N1CCC(C(=O)O)CC1C. The van der Waals surface area contributed by atoms with Gasteiger partial charge in [0.1, 0.15) is 0 Å². The fourth-order valence-corrected chi connectivity index (χ4v) is 2.78. The average molecular weight is 286 g/mol. The van der Waals surface area contributed by atoms with E-state index in [1.807, 2.05) is 13.0 Å². The highest BCUT2D eigenvalue weighted by Crippen LogP contribution is 2.22. The van der Waals surface area contributed by atoms with E-state index in [0.717, 1.165) is 11.5 Å². The number of carboxylic acid groups (broad SMARTS) is 1. The third kappa shape index (κ3) is 5.14. The molecule has 0 saturated carbocycles. The van der Waals surface area contributed by atoms with Crippen molar-refractivity contribution < 1.29 is 14.7 Å². The van der Waals surface area contributed by atoms with Gasteiger partial charge in [-0.05, 0) is 19.8 Å². The lowest BCUT2D eigenvalue weighted by Gasteiger charge is -2.36. The molecule has 1 heterocycles. The van der Waals surface area contributed by atoms with Crippen LogP contribution in [0.15, 0.2) is 12.7 Å². The van der Waals surface area contributed by atoms with Gasteiger partial charge in [0.15, 0.2) is 0 Å². The summed E-state index contributed by atoms with van der Waals surface area (Å²) in [5.74, 6) is 0.670. The van der Waals surface area contributed by atoms with Crippen LogP contribution in [0.25, 0.3) is 0 Å². The van der Waals surface area contributed by atoms with Gasteiger partial charge in [-0.25, -0.2) is 4.79 Å². The number of rotatable bonds is 6. The molecule has 2 unspecified atom stereocenters. The van der Waals surface area contributed by atoms with E-state index in [2.05, 4.69) is 11.9 Å². The molecule has 2 N–H and O–H groups in total. The number of piperidine rings is 1. The molecule has 2 atom stereocenters. The summed E-state index contributed by atoms with van der Waals surface area (Å²) in [5, 5.41) is 11.8. The van der Waals surface area contributed by atoms with Crippen LogP contribution in [0, 0.1) is 5.92 Å². The number of nitrogens with one attached hydrogen (secondary N) is 1. The molecule has 1 fully saturated rings. The first-order chi connectivity index (χ1) is 9.06. The van der Waals surface area contributed by atoms with Crippen LogP contribution in [-0.4, -0.2) is 52.6 Å². The topological polar surface area (TPSA) is 69.6 Å². The predicted molar refractivity (Wildman–Crippen MR) is 77.4 cm³/mol. The largest absolute Gasteiger partial charge is 0.481 e. The maximum Gasteiger partial charge on any atom is 0.317 e. The molecule has 1 aliphatic heterocycles. The normalized spacial score (nSPS) is 22.9. The molecule has 6 heteroatoms. The molecule has 1 rings (SSSR count). The predicted octanol–water partition coefficient (Wildman–Crippen LogP) is 1.80. The maximum atomic E-state index is 12.0. The Kier molecular flexibility index (Phi) is 6.77. The second-order valence-electron chi connectivity index (χ2n) is 4.70. The van der Waals surface area contributed by atoms with Gasteiger partial charge in [-0.3, -0.25) is 4.79 Å². The average Bonchev–Trinajstić information content (AvgIpc) is 2.38. The van der Waals surface area contributed by atoms with E-state index in [4.69, 9.17) is 5.11 Å². The second-order valence-corrected chi connectivity index (χ2v) is 5.85. The van der Waals surface area contributed by atoms with Gasteiger partial charge in [0, 0.05) is 30.6 Å².